The average molecular weight is 449 g/mol. The average Bonchev–Trinajstić information content (AvgIpc) is 2.80. The molecule has 2 amide bonds. The molecule has 0 heterocycles. The molecule has 0 spiro atoms. The highest BCUT2D eigenvalue weighted by molar-refractivity contribution is 8.00. The maximum absolute atomic E-state index is 12.6. The van der Waals surface area contributed by atoms with E-state index < -0.39 is 11.2 Å². The van der Waals surface area contributed by atoms with Crippen molar-refractivity contribution in [3.63, 3.8) is 0 Å². The molecular formula is C25H24N2O4S. The zero-order chi connectivity index (χ0) is 23.1. The Morgan fingerprint density at radius 3 is 2.31 bits per heavy atom. The number of methoxy groups -OCH3 is 1. The predicted octanol–water partition coefficient (Wildman–Crippen LogP) is 5.15. The highest BCUT2D eigenvalue weighted by atomic mass is 32.2. The van der Waals surface area contributed by atoms with E-state index in [0.717, 1.165) is 10.5 Å². The third kappa shape index (κ3) is 5.98. The van der Waals surface area contributed by atoms with E-state index in [1.807, 2.05) is 37.3 Å². The van der Waals surface area contributed by atoms with Gasteiger partial charge in [0.1, 0.15) is 0 Å². The van der Waals surface area contributed by atoms with E-state index in [9.17, 15) is 14.4 Å². The van der Waals surface area contributed by atoms with Crippen molar-refractivity contribution in [2.75, 3.05) is 17.7 Å². The summed E-state index contributed by atoms with van der Waals surface area (Å²) in [6.07, 6.45) is 0. The van der Waals surface area contributed by atoms with Crippen LogP contribution in [0.2, 0.25) is 0 Å². The van der Waals surface area contributed by atoms with Crippen molar-refractivity contribution in [1.82, 2.24) is 0 Å². The minimum atomic E-state index is -0.510. The van der Waals surface area contributed by atoms with Crippen LogP contribution in [-0.4, -0.2) is 30.1 Å². The summed E-state index contributed by atoms with van der Waals surface area (Å²) in [6.45, 7) is 3.72. The van der Waals surface area contributed by atoms with Crippen molar-refractivity contribution in [2.45, 2.75) is 24.0 Å². The molecule has 0 aliphatic rings. The molecule has 0 saturated carbocycles. The zero-order valence-corrected chi connectivity index (χ0v) is 18.9. The number of benzene rings is 3. The van der Waals surface area contributed by atoms with Crippen molar-refractivity contribution in [3.05, 3.63) is 89.5 Å². The first-order valence-corrected chi connectivity index (χ1v) is 10.9. The number of rotatable bonds is 7. The van der Waals surface area contributed by atoms with E-state index in [1.54, 1.807) is 49.4 Å². The molecule has 3 aromatic carbocycles. The molecular weight excluding hydrogens is 424 g/mol. The monoisotopic (exact) mass is 448 g/mol. The van der Waals surface area contributed by atoms with Gasteiger partial charge in [0.05, 0.1) is 23.6 Å². The van der Waals surface area contributed by atoms with Crippen LogP contribution in [0.25, 0.3) is 0 Å². The number of esters is 1. The fraction of sp³-hybridized carbons (Fsp3) is 0.160. The van der Waals surface area contributed by atoms with Crippen LogP contribution < -0.4 is 10.6 Å². The molecule has 3 aromatic rings. The van der Waals surface area contributed by atoms with E-state index >= 15 is 0 Å². The molecule has 7 heteroatoms. The number of para-hydroxylation sites is 1. The van der Waals surface area contributed by atoms with Gasteiger partial charge in [-0.1, -0.05) is 29.8 Å². The van der Waals surface area contributed by atoms with Crippen LogP contribution in [0.15, 0.2) is 77.7 Å². The van der Waals surface area contributed by atoms with Crippen LogP contribution in [0.3, 0.4) is 0 Å². The fourth-order valence-corrected chi connectivity index (χ4v) is 3.85. The van der Waals surface area contributed by atoms with Gasteiger partial charge in [-0.2, -0.15) is 0 Å². The molecule has 1 atom stereocenters. The molecule has 0 radical (unpaired) electrons. The number of carbonyl (C=O) groups excluding carboxylic acids is 3. The van der Waals surface area contributed by atoms with Gasteiger partial charge < -0.3 is 15.4 Å². The summed E-state index contributed by atoms with van der Waals surface area (Å²) >= 11 is 1.38. The largest absolute Gasteiger partial charge is 0.465 e. The molecule has 0 bridgehead atoms. The molecule has 32 heavy (non-hydrogen) atoms. The number of thioether (sulfide) groups is 1. The molecule has 164 valence electrons. The van der Waals surface area contributed by atoms with E-state index in [1.165, 1.54) is 18.9 Å². The van der Waals surface area contributed by atoms with E-state index in [-0.39, 0.29) is 11.8 Å². The van der Waals surface area contributed by atoms with Crippen molar-refractivity contribution in [1.29, 1.82) is 0 Å². The molecule has 0 saturated heterocycles. The smallest absolute Gasteiger partial charge is 0.339 e. The third-order valence-corrected chi connectivity index (χ3v) is 5.78. The van der Waals surface area contributed by atoms with Crippen LogP contribution in [-0.2, 0) is 9.53 Å². The summed E-state index contributed by atoms with van der Waals surface area (Å²) in [5.41, 5.74) is 3.00. The lowest BCUT2D eigenvalue weighted by atomic mass is 10.1. The van der Waals surface area contributed by atoms with E-state index in [2.05, 4.69) is 10.6 Å². The molecule has 0 aliphatic heterocycles. The third-order valence-electron chi connectivity index (χ3n) is 4.66. The van der Waals surface area contributed by atoms with Crippen LogP contribution in [0.5, 0.6) is 0 Å². The number of aryl methyl sites for hydroxylation is 1. The summed E-state index contributed by atoms with van der Waals surface area (Å²) in [7, 11) is 1.30. The lowest BCUT2D eigenvalue weighted by Crippen LogP contribution is -2.23. The van der Waals surface area contributed by atoms with Crippen molar-refractivity contribution in [3.8, 4) is 0 Å². The van der Waals surface area contributed by atoms with Gasteiger partial charge in [-0.3, -0.25) is 9.59 Å². The number of anilines is 2. The normalized spacial score (nSPS) is 11.3. The van der Waals surface area contributed by atoms with Crippen LogP contribution in [0, 0.1) is 6.92 Å². The second-order valence-corrected chi connectivity index (χ2v) is 8.55. The first-order valence-electron chi connectivity index (χ1n) is 10.0. The van der Waals surface area contributed by atoms with Gasteiger partial charge in [0.15, 0.2) is 0 Å². The quantitative estimate of drug-likeness (QED) is 0.386. The van der Waals surface area contributed by atoms with Gasteiger partial charge >= 0.3 is 5.97 Å². The number of ether oxygens (including phenoxy) is 1. The summed E-state index contributed by atoms with van der Waals surface area (Å²) in [4.78, 5) is 37.8. The number of hydrogen-bond donors (Lipinski definition) is 2. The van der Waals surface area contributed by atoms with Gasteiger partial charge in [0.25, 0.3) is 5.91 Å². The summed E-state index contributed by atoms with van der Waals surface area (Å²) in [5.74, 6) is -0.918. The molecule has 6 nitrogen and oxygen atoms in total. The summed E-state index contributed by atoms with van der Waals surface area (Å²) < 4.78 is 4.76. The Morgan fingerprint density at radius 1 is 0.906 bits per heavy atom. The molecule has 2 N–H and O–H groups in total. The lowest BCUT2D eigenvalue weighted by Gasteiger charge is -2.14. The van der Waals surface area contributed by atoms with Gasteiger partial charge in [-0.25, -0.2) is 4.79 Å². The minimum absolute atomic E-state index is 0.175. The van der Waals surface area contributed by atoms with Gasteiger partial charge in [0, 0.05) is 16.1 Å². The fourth-order valence-electron chi connectivity index (χ4n) is 2.98. The predicted molar refractivity (Wildman–Crippen MR) is 127 cm³/mol. The number of carbonyl (C=O) groups is 3. The van der Waals surface area contributed by atoms with Crippen molar-refractivity contribution < 1.29 is 19.1 Å². The Balaban J connectivity index is 1.60. The Hall–Kier alpha value is -3.58. The van der Waals surface area contributed by atoms with Crippen molar-refractivity contribution >= 4 is 40.9 Å². The first kappa shape index (κ1) is 23.1. The molecule has 1 unspecified atom stereocenters. The highest BCUT2D eigenvalue weighted by Crippen LogP contribution is 2.26. The second kappa shape index (κ2) is 10.6. The zero-order valence-electron chi connectivity index (χ0n) is 18.0. The minimum Gasteiger partial charge on any atom is -0.465 e. The number of hydrogen-bond acceptors (Lipinski definition) is 5. The maximum Gasteiger partial charge on any atom is 0.339 e. The first-order chi connectivity index (χ1) is 15.4. The van der Waals surface area contributed by atoms with Gasteiger partial charge in [-0.15, -0.1) is 11.8 Å². The lowest BCUT2D eigenvalue weighted by molar-refractivity contribution is -0.115. The molecule has 0 fully saturated rings. The Bertz CT molecular complexity index is 1130. The maximum atomic E-state index is 12.6. The topological polar surface area (TPSA) is 84.5 Å². The highest BCUT2D eigenvalue weighted by Gasteiger charge is 2.18. The summed E-state index contributed by atoms with van der Waals surface area (Å²) in [5, 5.41) is 5.25. The Morgan fingerprint density at radius 2 is 1.62 bits per heavy atom. The van der Waals surface area contributed by atoms with Crippen LogP contribution in [0.1, 0.15) is 33.2 Å². The number of nitrogens with one attached hydrogen (secondary N) is 2. The van der Waals surface area contributed by atoms with E-state index in [4.69, 9.17) is 4.74 Å². The van der Waals surface area contributed by atoms with Crippen molar-refractivity contribution in [2.24, 2.45) is 0 Å². The standard InChI is InChI=1S/C25H24N2O4S/c1-16-7-6-8-18(15-16)24(29)26-19-11-13-20(14-12-19)32-17(2)23(28)27-22-10-5-4-9-21(22)25(30)31-3/h4-15,17H,1-3H3,(H,26,29)(H,27,28). The molecule has 0 aromatic heterocycles. The Labute approximate surface area is 191 Å². The Kier molecular flexibility index (Phi) is 7.68. The van der Waals surface area contributed by atoms with Crippen LogP contribution in [0.4, 0.5) is 11.4 Å². The van der Waals surface area contributed by atoms with E-state index in [0.29, 0.717) is 22.5 Å². The van der Waals surface area contributed by atoms with Crippen LogP contribution >= 0.6 is 11.8 Å². The molecule has 3 rings (SSSR count). The number of amides is 2. The molecule has 0 aliphatic carbocycles. The van der Waals surface area contributed by atoms with Gasteiger partial charge in [0.2, 0.25) is 5.91 Å². The van der Waals surface area contributed by atoms with Gasteiger partial charge in [-0.05, 0) is 62.4 Å². The second-order valence-electron chi connectivity index (χ2n) is 7.13. The SMILES string of the molecule is COC(=O)c1ccccc1NC(=O)C(C)Sc1ccc(NC(=O)c2cccc(C)c2)cc1. The summed E-state index contributed by atoms with van der Waals surface area (Å²) in [6, 6.07) is 21.4.